The fraction of sp³-hybridized carbons (Fsp3) is 0.500. The second-order valence-corrected chi connectivity index (χ2v) is 4.13. The average molecular weight is 197 g/mol. The maximum atomic E-state index is 11.3. The Morgan fingerprint density at radius 3 is 3.00 bits per heavy atom. The second kappa shape index (κ2) is 5.14. The minimum absolute atomic E-state index is 0.00465. The zero-order chi connectivity index (χ0) is 9.68. The molecule has 72 valence electrons. The number of ketones is 1. The lowest BCUT2D eigenvalue weighted by atomic mass is 10.1. The Morgan fingerprint density at radius 1 is 1.69 bits per heavy atom. The molecule has 2 N–H and O–H groups in total. The first-order valence-corrected chi connectivity index (χ1v) is 5.41. The van der Waals surface area contributed by atoms with E-state index in [4.69, 9.17) is 5.73 Å². The Hall–Kier alpha value is -0.670. The number of nitrogens with two attached hydrogens (primary N) is 1. The number of rotatable bonds is 5. The third-order valence-corrected chi connectivity index (χ3v) is 2.55. The largest absolute Gasteiger partial charge is 0.328 e. The number of hydrogen-bond donors (Lipinski definition) is 1. The molecule has 1 aromatic rings. The molecule has 13 heavy (non-hydrogen) atoms. The Kier molecular flexibility index (Phi) is 4.12. The van der Waals surface area contributed by atoms with E-state index in [-0.39, 0.29) is 11.8 Å². The Balaban J connectivity index is 2.23. The lowest BCUT2D eigenvalue weighted by Gasteiger charge is -2.02. The number of Topliss-reactive ketones (excluding diaryl/α,β-unsaturated/α-hetero) is 1. The zero-order valence-electron chi connectivity index (χ0n) is 7.82. The van der Waals surface area contributed by atoms with Crippen molar-refractivity contribution in [1.29, 1.82) is 0 Å². The predicted octanol–water partition coefficient (Wildman–Crippen LogP) is 1.99. The van der Waals surface area contributed by atoms with Crippen molar-refractivity contribution >= 4 is 17.1 Å². The first-order valence-electron chi connectivity index (χ1n) is 4.47. The molecule has 0 fully saturated rings. The molecule has 1 rings (SSSR count). The molecule has 1 heterocycles. The number of aryl methyl sites for hydroxylation is 1. The molecule has 0 saturated heterocycles. The first kappa shape index (κ1) is 10.4. The maximum Gasteiger partial charge on any atom is 0.134 e. The van der Waals surface area contributed by atoms with Gasteiger partial charge < -0.3 is 5.73 Å². The smallest absolute Gasteiger partial charge is 0.134 e. The van der Waals surface area contributed by atoms with Gasteiger partial charge in [0.2, 0.25) is 0 Å². The van der Waals surface area contributed by atoms with Crippen molar-refractivity contribution in [2.24, 2.45) is 5.73 Å². The molecule has 0 bridgehead atoms. The summed E-state index contributed by atoms with van der Waals surface area (Å²) >= 11 is 1.67. The summed E-state index contributed by atoms with van der Waals surface area (Å²) in [6.07, 6.45) is 1.98. The summed E-state index contributed by atoms with van der Waals surface area (Å²) < 4.78 is 0. The molecule has 0 aliphatic carbocycles. The molecule has 2 nitrogen and oxygen atoms in total. The van der Waals surface area contributed by atoms with Crippen LogP contribution in [-0.4, -0.2) is 11.8 Å². The van der Waals surface area contributed by atoms with E-state index in [2.05, 4.69) is 11.4 Å². The fourth-order valence-electron chi connectivity index (χ4n) is 1.18. The highest BCUT2D eigenvalue weighted by molar-refractivity contribution is 7.07. The molecule has 0 saturated carbocycles. The van der Waals surface area contributed by atoms with Gasteiger partial charge in [0.25, 0.3) is 0 Å². The zero-order valence-corrected chi connectivity index (χ0v) is 8.64. The van der Waals surface area contributed by atoms with Gasteiger partial charge in [-0.3, -0.25) is 4.79 Å². The molecule has 0 radical (unpaired) electrons. The SMILES string of the molecule is CC(N)CC(=O)CCc1ccsc1. The quantitative estimate of drug-likeness (QED) is 0.784. The van der Waals surface area contributed by atoms with Crippen LogP contribution in [0.5, 0.6) is 0 Å². The maximum absolute atomic E-state index is 11.3. The molecule has 0 aliphatic heterocycles. The Morgan fingerprint density at radius 2 is 2.46 bits per heavy atom. The van der Waals surface area contributed by atoms with Crippen molar-refractivity contribution in [3.8, 4) is 0 Å². The summed E-state index contributed by atoms with van der Waals surface area (Å²) in [5.74, 6) is 0.265. The van der Waals surface area contributed by atoms with Crippen molar-refractivity contribution in [3.05, 3.63) is 22.4 Å². The number of carbonyl (C=O) groups is 1. The summed E-state index contributed by atoms with van der Waals surface area (Å²) in [7, 11) is 0. The van der Waals surface area contributed by atoms with Gasteiger partial charge in [0.15, 0.2) is 0 Å². The molecule has 0 spiro atoms. The molecule has 1 aromatic heterocycles. The third kappa shape index (κ3) is 4.20. The Bertz CT molecular complexity index is 254. The molecular formula is C10H15NOS. The van der Waals surface area contributed by atoms with Gasteiger partial charge in [-0.05, 0) is 35.7 Å². The summed E-state index contributed by atoms with van der Waals surface area (Å²) in [5.41, 5.74) is 6.78. The molecule has 1 atom stereocenters. The van der Waals surface area contributed by atoms with E-state index >= 15 is 0 Å². The molecule has 0 amide bonds. The van der Waals surface area contributed by atoms with Crippen LogP contribution in [0.25, 0.3) is 0 Å². The van der Waals surface area contributed by atoms with Gasteiger partial charge >= 0.3 is 0 Å². The number of thiophene rings is 1. The van der Waals surface area contributed by atoms with Crippen molar-refractivity contribution in [2.75, 3.05) is 0 Å². The summed E-state index contributed by atoms with van der Waals surface area (Å²) in [6.45, 7) is 1.86. The van der Waals surface area contributed by atoms with Gasteiger partial charge in [-0.25, -0.2) is 0 Å². The van der Waals surface area contributed by atoms with Crippen molar-refractivity contribution in [1.82, 2.24) is 0 Å². The summed E-state index contributed by atoms with van der Waals surface area (Å²) in [4.78, 5) is 11.3. The van der Waals surface area contributed by atoms with Crippen LogP contribution < -0.4 is 5.73 Å². The number of hydrogen-bond acceptors (Lipinski definition) is 3. The lowest BCUT2D eigenvalue weighted by molar-refractivity contribution is -0.119. The highest BCUT2D eigenvalue weighted by atomic mass is 32.1. The standard InChI is InChI=1S/C10H15NOS/c1-8(11)6-10(12)3-2-9-4-5-13-7-9/h4-5,7-8H,2-3,6,11H2,1H3. The average Bonchev–Trinajstić information content (AvgIpc) is 2.51. The fourth-order valence-corrected chi connectivity index (χ4v) is 1.88. The lowest BCUT2D eigenvalue weighted by Crippen LogP contribution is -2.19. The van der Waals surface area contributed by atoms with Crippen molar-refractivity contribution in [2.45, 2.75) is 32.2 Å². The van der Waals surface area contributed by atoms with Crippen LogP contribution in [0.4, 0.5) is 0 Å². The normalized spacial score (nSPS) is 12.8. The minimum atomic E-state index is -0.00465. The Labute approximate surface area is 82.8 Å². The van der Waals surface area contributed by atoms with E-state index in [9.17, 15) is 4.79 Å². The highest BCUT2D eigenvalue weighted by Crippen LogP contribution is 2.09. The van der Waals surface area contributed by atoms with Crippen molar-refractivity contribution in [3.63, 3.8) is 0 Å². The van der Waals surface area contributed by atoms with Crippen LogP contribution in [0.1, 0.15) is 25.3 Å². The van der Waals surface area contributed by atoms with Crippen molar-refractivity contribution < 1.29 is 4.79 Å². The molecule has 1 unspecified atom stereocenters. The molecule has 0 aromatic carbocycles. The predicted molar refractivity (Wildman–Crippen MR) is 55.9 cm³/mol. The van der Waals surface area contributed by atoms with Crippen LogP contribution >= 0.6 is 11.3 Å². The van der Waals surface area contributed by atoms with Crippen LogP contribution in [0.15, 0.2) is 16.8 Å². The highest BCUT2D eigenvalue weighted by Gasteiger charge is 2.05. The van der Waals surface area contributed by atoms with Gasteiger partial charge in [-0.1, -0.05) is 0 Å². The molecular weight excluding hydrogens is 182 g/mol. The van der Waals surface area contributed by atoms with E-state index in [0.29, 0.717) is 12.8 Å². The third-order valence-electron chi connectivity index (χ3n) is 1.82. The van der Waals surface area contributed by atoms with Gasteiger partial charge in [-0.2, -0.15) is 11.3 Å². The van der Waals surface area contributed by atoms with Gasteiger partial charge in [-0.15, -0.1) is 0 Å². The van der Waals surface area contributed by atoms with E-state index in [1.54, 1.807) is 11.3 Å². The summed E-state index contributed by atoms with van der Waals surface area (Å²) in [6, 6.07) is 2.05. The number of carbonyl (C=O) groups excluding carboxylic acids is 1. The van der Waals surface area contributed by atoms with E-state index in [1.165, 1.54) is 5.56 Å². The molecule has 3 heteroatoms. The summed E-state index contributed by atoms with van der Waals surface area (Å²) in [5, 5.41) is 4.12. The monoisotopic (exact) mass is 197 g/mol. The molecule has 0 aliphatic rings. The van der Waals surface area contributed by atoms with E-state index in [0.717, 1.165) is 6.42 Å². The second-order valence-electron chi connectivity index (χ2n) is 3.35. The van der Waals surface area contributed by atoms with E-state index < -0.39 is 0 Å². The van der Waals surface area contributed by atoms with E-state index in [1.807, 2.05) is 12.3 Å². The van der Waals surface area contributed by atoms with Gasteiger partial charge in [0.05, 0.1) is 0 Å². The minimum Gasteiger partial charge on any atom is -0.328 e. The van der Waals surface area contributed by atoms with Gasteiger partial charge in [0.1, 0.15) is 5.78 Å². The van der Waals surface area contributed by atoms with Crippen LogP contribution in [0, 0.1) is 0 Å². The van der Waals surface area contributed by atoms with Crippen LogP contribution in [0.3, 0.4) is 0 Å². The van der Waals surface area contributed by atoms with Crippen LogP contribution in [0.2, 0.25) is 0 Å². The van der Waals surface area contributed by atoms with Crippen LogP contribution in [-0.2, 0) is 11.2 Å². The topological polar surface area (TPSA) is 43.1 Å². The van der Waals surface area contributed by atoms with Gasteiger partial charge in [0, 0.05) is 18.9 Å². The first-order chi connectivity index (χ1) is 6.18.